The van der Waals surface area contributed by atoms with E-state index in [1.165, 1.54) is 6.42 Å². The van der Waals surface area contributed by atoms with E-state index >= 15 is 0 Å². The van der Waals surface area contributed by atoms with Gasteiger partial charge in [0.05, 0.1) is 0 Å². The molecule has 13 heavy (non-hydrogen) atoms. The van der Waals surface area contributed by atoms with Gasteiger partial charge >= 0.3 is 0 Å². The summed E-state index contributed by atoms with van der Waals surface area (Å²) in [6, 6.07) is 0. The van der Waals surface area contributed by atoms with Crippen LogP contribution in [-0.2, 0) is 0 Å². The molecule has 3 nitrogen and oxygen atoms in total. The van der Waals surface area contributed by atoms with Gasteiger partial charge in [0, 0.05) is 11.1 Å². The molecule has 1 rings (SSSR count). The molecule has 1 atom stereocenters. The van der Waals surface area contributed by atoms with Crippen molar-refractivity contribution in [2.75, 3.05) is 11.1 Å². The summed E-state index contributed by atoms with van der Waals surface area (Å²) >= 11 is 5.21. The normalized spacial score (nSPS) is 13.2. The first-order valence-electron chi connectivity index (χ1n) is 4.34. The number of hydrogen-bond acceptors (Lipinski definition) is 3. The molecule has 0 bridgehead atoms. The quantitative estimate of drug-likeness (QED) is 0.656. The molecule has 0 saturated heterocycles. The number of alkyl halides is 1. The van der Waals surface area contributed by atoms with Crippen LogP contribution in [0.5, 0.6) is 0 Å². The number of rotatable bonds is 5. The fraction of sp³-hybridized carbons (Fsp3) is 0.750. The zero-order valence-electron chi connectivity index (χ0n) is 7.88. The Hall–Kier alpha value is -0.0300. The van der Waals surface area contributed by atoms with Crippen LogP contribution in [0.2, 0.25) is 0 Å². The van der Waals surface area contributed by atoms with Crippen LogP contribution in [0.4, 0.5) is 0 Å². The molecule has 0 saturated carbocycles. The smallest absolute Gasteiger partial charge is 0.208 e. The van der Waals surface area contributed by atoms with E-state index in [1.54, 1.807) is 11.8 Å². The Morgan fingerprint density at radius 3 is 2.85 bits per heavy atom. The minimum absolute atomic E-state index is 0.712. The standard InChI is InChI=1S/C8H14BrN3S/c1-3-7(4-9)5-13-8-10-6(2)11-12-8/h7H,3-5H2,1-2H3,(H,10,11,12). The maximum Gasteiger partial charge on any atom is 0.208 e. The molecule has 1 N–H and O–H groups in total. The van der Waals surface area contributed by atoms with Crippen molar-refractivity contribution < 1.29 is 0 Å². The van der Waals surface area contributed by atoms with Crippen LogP contribution in [0, 0.1) is 12.8 Å². The molecule has 1 aromatic rings. The molecule has 74 valence electrons. The van der Waals surface area contributed by atoms with Crippen molar-refractivity contribution in [1.29, 1.82) is 0 Å². The second kappa shape index (κ2) is 5.65. The second-order valence-corrected chi connectivity index (χ2v) is 4.58. The molecule has 1 unspecified atom stereocenters. The number of aromatic nitrogens is 3. The van der Waals surface area contributed by atoms with Gasteiger partial charge < -0.3 is 0 Å². The van der Waals surface area contributed by atoms with Crippen LogP contribution in [-0.4, -0.2) is 26.3 Å². The van der Waals surface area contributed by atoms with E-state index in [0.29, 0.717) is 5.92 Å². The fourth-order valence-corrected chi connectivity index (χ4v) is 2.89. The summed E-state index contributed by atoms with van der Waals surface area (Å²) in [5, 5.41) is 8.82. The summed E-state index contributed by atoms with van der Waals surface area (Å²) in [6.45, 7) is 4.12. The third kappa shape index (κ3) is 3.68. The Labute approximate surface area is 91.2 Å². The number of nitrogens with zero attached hydrogens (tertiary/aromatic N) is 2. The van der Waals surface area contributed by atoms with E-state index in [0.717, 1.165) is 22.1 Å². The molecule has 0 radical (unpaired) electrons. The molecule has 1 aromatic heterocycles. The molecule has 0 aliphatic rings. The number of halogens is 1. The highest BCUT2D eigenvalue weighted by Gasteiger charge is 2.07. The van der Waals surface area contributed by atoms with Crippen molar-refractivity contribution in [3.8, 4) is 0 Å². The van der Waals surface area contributed by atoms with Gasteiger partial charge in [-0.2, -0.15) is 0 Å². The maximum absolute atomic E-state index is 4.23. The molecular weight excluding hydrogens is 250 g/mol. The topological polar surface area (TPSA) is 41.6 Å². The molecule has 5 heteroatoms. The van der Waals surface area contributed by atoms with Crippen molar-refractivity contribution in [1.82, 2.24) is 15.2 Å². The van der Waals surface area contributed by atoms with Gasteiger partial charge in [0.15, 0.2) is 0 Å². The van der Waals surface area contributed by atoms with Crippen molar-refractivity contribution in [2.24, 2.45) is 5.92 Å². The molecule has 0 amide bonds. The van der Waals surface area contributed by atoms with Crippen LogP contribution in [0.1, 0.15) is 19.2 Å². The lowest BCUT2D eigenvalue weighted by Crippen LogP contribution is -2.03. The monoisotopic (exact) mass is 263 g/mol. The summed E-state index contributed by atoms with van der Waals surface area (Å²) in [6.07, 6.45) is 1.20. The fourth-order valence-electron chi connectivity index (χ4n) is 0.851. The average Bonchev–Trinajstić information content (AvgIpc) is 2.53. The number of aryl methyl sites for hydroxylation is 1. The minimum Gasteiger partial charge on any atom is -0.262 e. The number of thioether (sulfide) groups is 1. The van der Waals surface area contributed by atoms with Crippen LogP contribution >= 0.6 is 27.7 Å². The van der Waals surface area contributed by atoms with Gasteiger partial charge in [-0.25, -0.2) is 4.98 Å². The molecule has 0 spiro atoms. The number of nitrogens with one attached hydrogen (secondary N) is 1. The zero-order chi connectivity index (χ0) is 9.68. The lowest BCUT2D eigenvalue weighted by molar-refractivity contribution is 0.651. The van der Waals surface area contributed by atoms with Crippen LogP contribution in [0.25, 0.3) is 0 Å². The van der Waals surface area contributed by atoms with E-state index < -0.39 is 0 Å². The molecular formula is C8H14BrN3S. The molecule has 0 aromatic carbocycles. The Kier molecular flexibility index (Phi) is 4.80. The number of aromatic amines is 1. The van der Waals surface area contributed by atoms with Gasteiger partial charge in [-0.3, -0.25) is 5.10 Å². The summed E-state index contributed by atoms with van der Waals surface area (Å²) < 4.78 is 0. The van der Waals surface area contributed by atoms with Crippen LogP contribution < -0.4 is 0 Å². The maximum atomic E-state index is 4.23. The van der Waals surface area contributed by atoms with Crippen LogP contribution in [0.3, 0.4) is 0 Å². The highest BCUT2D eigenvalue weighted by atomic mass is 79.9. The van der Waals surface area contributed by atoms with E-state index in [-0.39, 0.29) is 0 Å². The first-order chi connectivity index (χ1) is 6.26. The SMILES string of the molecule is CCC(CBr)CSc1n[nH]c(C)n1. The third-order valence-corrected chi connectivity index (χ3v) is 3.81. The predicted octanol–water partition coefficient (Wildman–Crippen LogP) is 2.63. The Balaban J connectivity index is 2.33. The van der Waals surface area contributed by atoms with Gasteiger partial charge in [0.1, 0.15) is 5.82 Å². The zero-order valence-corrected chi connectivity index (χ0v) is 10.3. The van der Waals surface area contributed by atoms with Gasteiger partial charge in [-0.05, 0) is 12.8 Å². The summed E-state index contributed by atoms with van der Waals surface area (Å²) in [5.41, 5.74) is 0. The first-order valence-corrected chi connectivity index (χ1v) is 6.44. The van der Waals surface area contributed by atoms with Crippen LogP contribution in [0.15, 0.2) is 5.16 Å². The van der Waals surface area contributed by atoms with Gasteiger partial charge in [0.25, 0.3) is 0 Å². The summed E-state index contributed by atoms with van der Waals surface area (Å²) in [5.74, 6) is 2.68. The highest BCUT2D eigenvalue weighted by molar-refractivity contribution is 9.09. The second-order valence-electron chi connectivity index (χ2n) is 2.94. The van der Waals surface area contributed by atoms with Crippen molar-refractivity contribution in [2.45, 2.75) is 25.4 Å². The van der Waals surface area contributed by atoms with E-state index in [4.69, 9.17) is 0 Å². The third-order valence-electron chi connectivity index (χ3n) is 1.82. The molecule has 0 aliphatic heterocycles. The summed E-state index contributed by atoms with van der Waals surface area (Å²) in [7, 11) is 0. The Morgan fingerprint density at radius 2 is 2.38 bits per heavy atom. The highest BCUT2D eigenvalue weighted by Crippen LogP contribution is 2.19. The lowest BCUT2D eigenvalue weighted by Gasteiger charge is -2.07. The Bertz CT molecular complexity index is 247. The minimum atomic E-state index is 0.712. The largest absolute Gasteiger partial charge is 0.262 e. The molecule has 0 aliphatic carbocycles. The lowest BCUT2D eigenvalue weighted by atomic mass is 10.2. The van der Waals surface area contributed by atoms with Gasteiger partial charge in [-0.15, -0.1) is 5.10 Å². The first kappa shape index (κ1) is 11.0. The van der Waals surface area contributed by atoms with E-state index in [9.17, 15) is 0 Å². The predicted molar refractivity (Wildman–Crippen MR) is 59.4 cm³/mol. The van der Waals surface area contributed by atoms with Crippen molar-refractivity contribution >= 4 is 27.7 Å². The van der Waals surface area contributed by atoms with Gasteiger partial charge in [0.2, 0.25) is 5.16 Å². The summed E-state index contributed by atoms with van der Waals surface area (Å²) in [4.78, 5) is 4.23. The number of H-pyrrole nitrogens is 1. The van der Waals surface area contributed by atoms with Crippen molar-refractivity contribution in [3.05, 3.63) is 5.82 Å². The van der Waals surface area contributed by atoms with E-state index in [2.05, 4.69) is 38.0 Å². The van der Waals surface area contributed by atoms with E-state index in [1.807, 2.05) is 6.92 Å². The number of hydrogen-bond donors (Lipinski definition) is 1. The van der Waals surface area contributed by atoms with Gasteiger partial charge in [-0.1, -0.05) is 41.0 Å². The van der Waals surface area contributed by atoms with Crippen molar-refractivity contribution in [3.63, 3.8) is 0 Å². The average molecular weight is 264 g/mol. The Morgan fingerprint density at radius 1 is 1.62 bits per heavy atom. The molecule has 0 fully saturated rings. The molecule has 1 heterocycles.